The number of amides is 2. The van der Waals surface area contributed by atoms with E-state index in [9.17, 15) is 19.5 Å². The van der Waals surface area contributed by atoms with E-state index in [1.807, 2.05) is 20.1 Å². The molecule has 0 aliphatic carbocycles. The van der Waals surface area contributed by atoms with Gasteiger partial charge in [0.05, 0.1) is 15.6 Å². The van der Waals surface area contributed by atoms with Crippen molar-refractivity contribution in [3.8, 4) is 5.75 Å². The quantitative estimate of drug-likeness (QED) is 0.209. The lowest BCUT2D eigenvalue weighted by atomic mass is 10.0. The second kappa shape index (κ2) is 13.3. The first kappa shape index (κ1) is 25.9. The Labute approximate surface area is 192 Å². The molecule has 0 aliphatic rings. The van der Waals surface area contributed by atoms with Crippen LogP contribution in [0.25, 0.3) is 0 Å². The van der Waals surface area contributed by atoms with Gasteiger partial charge in [0.2, 0.25) is 12.3 Å². The molecular formula is C19H26Br2N2O5S. The van der Waals surface area contributed by atoms with E-state index in [0.29, 0.717) is 39.5 Å². The van der Waals surface area contributed by atoms with E-state index in [4.69, 9.17) is 4.74 Å². The van der Waals surface area contributed by atoms with E-state index in [1.54, 1.807) is 23.9 Å². The van der Waals surface area contributed by atoms with Gasteiger partial charge in [0.25, 0.3) is 0 Å². The Hall–Kier alpha value is -1.10. The van der Waals surface area contributed by atoms with Crippen LogP contribution in [0, 0.1) is 5.92 Å². The molecule has 7 nitrogen and oxygen atoms in total. The Morgan fingerprint density at radius 3 is 2.52 bits per heavy atom. The van der Waals surface area contributed by atoms with Crippen molar-refractivity contribution in [1.29, 1.82) is 0 Å². The molecule has 3 N–H and O–H groups in total. The third kappa shape index (κ3) is 8.27. The van der Waals surface area contributed by atoms with Crippen LogP contribution in [0.1, 0.15) is 32.3 Å². The molecule has 1 aromatic carbocycles. The van der Waals surface area contributed by atoms with Crippen molar-refractivity contribution < 1.29 is 24.2 Å². The Balaban J connectivity index is 3.01. The van der Waals surface area contributed by atoms with E-state index < -0.39 is 24.0 Å². The predicted molar refractivity (Wildman–Crippen MR) is 121 cm³/mol. The maximum atomic E-state index is 12.8. The number of benzene rings is 1. The van der Waals surface area contributed by atoms with Crippen molar-refractivity contribution in [3.63, 3.8) is 0 Å². The third-order valence-corrected chi connectivity index (χ3v) is 6.14. The number of esters is 1. The molecule has 162 valence electrons. The molecule has 2 unspecified atom stereocenters. The third-order valence-electron chi connectivity index (χ3n) is 4.01. The maximum absolute atomic E-state index is 12.8. The second-order valence-corrected chi connectivity index (χ2v) is 9.37. The molecule has 0 saturated heterocycles. The van der Waals surface area contributed by atoms with Gasteiger partial charge in [-0.1, -0.05) is 19.9 Å². The zero-order chi connectivity index (χ0) is 22.0. The highest BCUT2D eigenvalue weighted by atomic mass is 79.9. The smallest absolute Gasteiger partial charge is 0.334 e. The molecule has 0 bridgehead atoms. The topological polar surface area (TPSA) is 105 Å². The van der Waals surface area contributed by atoms with Crippen molar-refractivity contribution in [2.45, 2.75) is 45.4 Å². The van der Waals surface area contributed by atoms with Gasteiger partial charge >= 0.3 is 5.97 Å². The fourth-order valence-electron chi connectivity index (χ4n) is 2.53. The van der Waals surface area contributed by atoms with Crippen molar-refractivity contribution in [2.75, 3.05) is 12.0 Å². The molecule has 10 heteroatoms. The van der Waals surface area contributed by atoms with Gasteiger partial charge in [-0.05, 0) is 74.3 Å². The number of thioether (sulfide) groups is 1. The van der Waals surface area contributed by atoms with Crippen molar-refractivity contribution in [1.82, 2.24) is 10.6 Å². The minimum absolute atomic E-state index is 0.118. The fraction of sp³-hybridized carbons (Fsp3) is 0.526. The van der Waals surface area contributed by atoms with Crippen LogP contribution in [0.3, 0.4) is 0 Å². The van der Waals surface area contributed by atoms with Crippen LogP contribution >= 0.6 is 43.6 Å². The van der Waals surface area contributed by atoms with Crippen LogP contribution in [0.5, 0.6) is 5.75 Å². The highest BCUT2D eigenvalue weighted by molar-refractivity contribution is 9.11. The molecular weight excluding hydrogens is 528 g/mol. The van der Waals surface area contributed by atoms with Gasteiger partial charge in [-0.2, -0.15) is 11.8 Å². The van der Waals surface area contributed by atoms with Crippen LogP contribution in [0.4, 0.5) is 0 Å². The Kier molecular flexibility index (Phi) is 11.9. The van der Waals surface area contributed by atoms with Crippen LogP contribution in [-0.2, 0) is 21.0 Å². The summed E-state index contributed by atoms with van der Waals surface area (Å²) in [4.78, 5) is 36.3. The summed E-state index contributed by atoms with van der Waals surface area (Å²) < 4.78 is 6.54. The van der Waals surface area contributed by atoms with Gasteiger partial charge in [-0.25, -0.2) is 4.79 Å². The summed E-state index contributed by atoms with van der Waals surface area (Å²) in [6.45, 7) is 3.64. The largest absolute Gasteiger partial charge is 0.423 e. The molecule has 0 heterocycles. The molecule has 0 fully saturated rings. The molecule has 0 aliphatic heterocycles. The first-order valence-electron chi connectivity index (χ1n) is 9.03. The number of ether oxygens (including phenoxy) is 1. The molecule has 1 aromatic rings. The lowest BCUT2D eigenvalue weighted by molar-refractivity contribution is -0.140. The first-order chi connectivity index (χ1) is 13.7. The van der Waals surface area contributed by atoms with Gasteiger partial charge in [0.15, 0.2) is 5.75 Å². The van der Waals surface area contributed by atoms with Gasteiger partial charge < -0.3 is 20.5 Å². The zero-order valence-electron chi connectivity index (χ0n) is 16.5. The van der Waals surface area contributed by atoms with E-state index >= 15 is 0 Å². The standard InChI is InChI=1S/C19H26Br2N2O5S/c1-11(2)8-15(23-18(26)14(22-10-25)6-7-29-3)19(27)28-17-13(20)5-4-12(9-24)16(17)21/h4-5,10-11,14-15,24H,6-9H2,1-3H3,(H,22,25)(H,23,26). The number of halogens is 2. The van der Waals surface area contributed by atoms with Crippen LogP contribution in [0.2, 0.25) is 0 Å². The summed E-state index contributed by atoms with van der Waals surface area (Å²) in [6, 6.07) is 1.75. The number of carbonyl (C=O) groups is 3. The Morgan fingerprint density at radius 1 is 1.28 bits per heavy atom. The SMILES string of the molecule is CSCCC(NC=O)C(=O)NC(CC(C)C)C(=O)Oc1c(Br)ccc(CO)c1Br. The second-order valence-electron chi connectivity index (χ2n) is 6.74. The van der Waals surface area contributed by atoms with Crippen LogP contribution < -0.4 is 15.4 Å². The molecule has 0 spiro atoms. The van der Waals surface area contributed by atoms with E-state index in [2.05, 4.69) is 42.5 Å². The van der Waals surface area contributed by atoms with Crippen molar-refractivity contribution >= 4 is 61.9 Å². The molecule has 1 rings (SSSR count). The average Bonchev–Trinajstić information content (AvgIpc) is 2.67. The number of hydrogen-bond donors (Lipinski definition) is 3. The highest BCUT2D eigenvalue weighted by Gasteiger charge is 2.28. The summed E-state index contributed by atoms with van der Waals surface area (Å²) >= 11 is 8.23. The molecule has 29 heavy (non-hydrogen) atoms. The summed E-state index contributed by atoms with van der Waals surface area (Å²) in [6.07, 6.45) is 3.21. The Morgan fingerprint density at radius 2 is 1.97 bits per heavy atom. The van der Waals surface area contributed by atoms with E-state index in [1.165, 1.54) is 0 Å². The number of aliphatic hydroxyl groups is 1. The number of hydrogen-bond acceptors (Lipinski definition) is 6. The number of rotatable bonds is 12. The summed E-state index contributed by atoms with van der Waals surface area (Å²) in [7, 11) is 0. The van der Waals surface area contributed by atoms with Crippen molar-refractivity contribution in [2.24, 2.45) is 5.92 Å². The van der Waals surface area contributed by atoms with Gasteiger partial charge in [0.1, 0.15) is 12.1 Å². The van der Waals surface area contributed by atoms with Crippen molar-refractivity contribution in [3.05, 3.63) is 26.6 Å². The van der Waals surface area contributed by atoms with Gasteiger partial charge in [-0.3, -0.25) is 9.59 Å². The van der Waals surface area contributed by atoms with Crippen LogP contribution in [0.15, 0.2) is 21.1 Å². The monoisotopic (exact) mass is 552 g/mol. The average molecular weight is 554 g/mol. The summed E-state index contributed by atoms with van der Waals surface area (Å²) in [5.41, 5.74) is 0.563. The summed E-state index contributed by atoms with van der Waals surface area (Å²) in [5.74, 6) is -0.0255. The highest BCUT2D eigenvalue weighted by Crippen LogP contribution is 2.36. The van der Waals surface area contributed by atoms with E-state index in [-0.39, 0.29) is 18.3 Å². The Bertz CT molecular complexity index is 718. The lowest BCUT2D eigenvalue weighted by Gasteiger charge is -2.23. The van der Waals surface area contributed by atoms with E-state index in [0.717, 1.165) is 0 Å². The van der Waals surface area contributed by atoms with Gasteiger partial charge in [0, 0.05) is 0 Å². The normalized spacial score (nSPS) is 12.9. The minimum atomic E-state index is -0.885. The van der Waals surface area contributed by atoms with Gasteiger partial charge in [-0.15, -0.1) is 0 Å². The molecule has 0 aromatic heterocycles. The fourth-order valence-corrected chi connectivity index (χ4v) is 4.23. The zero-order valence-corrected chi connectivity index (χ0v) is 20.5. The number of aliphatic hydroxyl groups excluding tert-OH is 1. The minimum Gasteiger partial charge on any atom is -0.423 e. The molecule has 2 amide bonds. The van der Waals surface area contributed by atoms with Crippen LogP contribution in [-0.4, -0.2) is 47.5 Å². The first-order valence-corrected chi connectivity index (χ1v) is 12.0. The maximum Gasteiger partial charge on any atom is 0.334 e. The lowest BCUT2D eigenvalue weighted by Crippen LogP contribution is -2.51. The predicted octanol–water partition coefficient (Wildman–Crippen LogP) is 3.01. The molecule has 0 saturated carbocycles. The molecule has 0 radical (unpaired) electrons. The summed E-state index contributed by atoms with van der Waals surface area (Å²) in [5, 5.41) is 14.6. The molecule has 2 atom stereocenters. The number of carbonyl (C=O) groups excluding carboxylic acids is 3. The number of nitrogens with one attached hydrogen (secondary N) is 2.